The van der Waals surface area contributed by atoms with Crippen LogP contribution in [0.4, 0.5) is 0 Å². The topological polar surface area (TPSA) is 38.3 Å². The average Bonchev–Trinajstić information content (AvgIpc) is 2.33. The van der Waals surface area contributed by atoms with Crippen LogP contribution in [0.25, 0.3) is 0 Å². The van der Waals surface area contributed by atoms with E-state index in [1.165, 1.54) is 12.3 Å². The van der Waals surface area contributed by atoms with Crippen molar-refractivity contribution in [3.8, 4) is 0 Å². The second-order valence-electron chi connectivity index (χ2n) is 3.57. The van der Waals surface area contributed by atoms with Gasteiger partial charge in [0.15, 0.2) is 11.5 Å². The summed E-state index contributed by atoms with van der Waals surface area (Å²) < 4.78 is 5.50. The van der Waals surface area contributed by atoms with Gasteiger partial charge in [-0.3, -0.25) is 10.1 Å². The molecule has 2 heterocycles. The molecule has 0 aromatic heterocycles. The molecule has 1 fully saturated rings. The molecule has 0 aromatic rings. The molecule has 1 N–H and O–H groups in total. The van der Waals surface area contributed by atoms with Crippen LogP contribution in [-0.2, 0) is 9.53 Å². The predicted molar refractivity (Wildman–Crippen MR) is 44.4 cm³/mol. The Labute approximate surface area is 71.8 Å². The lowest BCUT2D eigenvalue weighted by Crippen LogP contribution is -2.48. The van der Waals surface area contributed by atoms with Crippen molar-refractivity contribution in [2.75, 3.05) is 6.54 Å². The van der Waals surface area contributed by atoms with Crippen LogP contribution >= 0.6 is 0 Å². The van der Waals surface area contributed by atoms with Crippen molar-refractivity contribution in [3.63, 3.8) is 0 Å². The van der Waals surface area contributed by atoms with Crippen molar-refractivity contribution in [1.29, 1.82) is 0 Å². The van der Waals surface area contributed by atoms with E-state index in [1.54, 1.807) is 0 Å². The van der Waals surface area contributed by atoms with Gasteiger partial charge in [0.2, 0.25) is 0 Å². The van der Waals surface area contributed by atoms with Gasteiger partial charge in [-0.15, -0.1) is 0 Å². The predicted octanol–water partition coefficient (Wildman–Crippen LogP) is 0.815. The van der Waals surface area contributed by atoms with E-state index in [2.05, 4.69) is 12.2 Å². The number of ketones is 1. The maximum Gasteiger partial charge on any atom is 0.169 e. The fourth-order valence-corrected chi connectivity index (χ4v) is 1.89. The average molecular weight is 167 g/mol. The number of carbonyl (C=O) groups is 1. The summed E-state index contributed by atoms with van der Waals surface area (Å²) in [5.41, 5.74) is -0.383. The highest BCUT2D eigenvalue weighted by molar-refractivity contribution is 5.90. The van der Waals surface area contributed by atoms with Crippen LogP contribution in [0.15, 0.2) is 12.3 Å². The largest absolute Gasteiger partial charge is 0.479 e. The van der Waals surface area contributed by atoms with Crippen LogP contribution in [0.5, 0.6) is 0 Å². The zero-order valence-electron chi connectivity index (χ0n) is 7.17. The van der Waals surface area contributed by atoms with E-state index in [9.17, 15) is 4.79 Å². The minimum atomic E-state index is -0.383. The first kappa shape index (κ1) is 7.80. The quantitative estimate of drug-likeness (QED) is 0.580. The third kappa shape index (κ3) is 1.05. The van der Waals surface area contributed by atoms with E-state index in [0.29, 0.717) is 12.3 Å². The van der Waals surface area contributed by atoms with Crippen LogP contribution in [0.3, 0.4) is 0 Å². The molecule has 0 bridgehead atoms. The Bertz CT molecular complexity index is 237. The first-order valence-electron chi connectivity index (χ1n) is 4.35. The van der Waals surface area contributed by atoms with E-state index in [4.69, 9.17) is 4.74 Å². The van der Waals surface area contributed by atoms with E-state index in [-0.39, 0.29) is 11.5 Å². The maximum atomic E-state index is 11.2. The second kappa shape index (κ2) is 2.59. The van der Waals surface area contributed by atoms with Crippen molar-refractivity contribution in [2.45, 2.75) is 25.5 Å². The van der Waals surface area contributed by atoms with Gasteiger partial charge in [0.25, 0.3) is 0 Å². The van der Waals surface area contributed by atoms with Crippen LogP contribution in [0, 0.1) is 5.92 Å². The van der Waals surface area contributed by atoms with Gasteiger partial charge in [-0.05, 0) is 13.0 Å². The molecular formula is C9H13NO2. The van der Waals surface area contributed by atoms with Crippen molar-refractivity contribution in [2.24, 2.45) is 5.92 Å². The monoisotopic (exact) mass is 167 g/mol. The Balaban J connectivity index is 2.21. The summed E-state index contributed by atoms with van der Waals surface area (Å²) in [4.78, 5) is 11.2. The molecule has 0 aromatic carbocycles. The van der Waals surface area contributed by atoms with Gasteiger partial charge >= 0.3 is 0 Å². The normalized spacial score (nSPS) is 40.4. The van der Waals surface area contributed by atoms with Gasteiger partial charge in [0.05, 0.1) is 12.7 Å². The molecule has 0 amide bonds. The Morgan fingerprint density at radius 3 is 3.17 bits per heavy atom. The lowest BCUT2D eigenvalue weighted by molar-refractivity contribution is -0.126. The second-order valence-corrected chi connectivity index (χ2v) is 3.57. The summed E-state index contributed by atoms with van der Waals surface area (Å²) >= 11 is 0. The van der Waals surface area contributed by atoms with Gasteiger partial charge in [-0.25, -0.2) is 0 Å². The summed E-state index contributed by atoms with van der Waals surface area (Å²) in [6.07, 6.45) is 4.57. The molecule has 1 saturated heterocycles. The lowest BCUT2D eigenvalue weighted by atomic mass is 9.93. The molecule has 66 valence electrons. The van der Waals surface area contributed by atoms with Crippen molar-refractivity contribution >= 4 is 5.78 Å². The van der Waals surface area contributed by atoms with Gasteiger partial charge in [0, 0.05) is 12.0 Å². The molecule has 0 radical (unpaired) electrons. The summed E-state index contributed by atoms with van der Waals surface area (Å²) in [5.74, 6) is 0.578. The summed E-state index contributed by atoms with van der Waals surface area (Å²) in [5, 5.41) is 3.26. The van der Waals surface area contributed by atoms with E-state index < -0.39 is 0 Å². The van der Waals surface area contributed by atoms with Gasteiger partial charge < -0.3 is 4.74 Å². The van der Waals surface area contributed by atoms with Crippen LogP contribution in [0.2, 0.25) is 0 Å². The van der Waals surface area contributed by atoms with Crippen molar-refractivity contribution in [3.05, 3.63) is 12.3 Å². The zero-order chi connectivity index (χ0) is 8.60. The first-order valence-corrected chi connectivity index (χ1v) is 4.35. The molecule has 1 spiro atoms. The minimum absolute atomic E-state index is 0.155. The Morgan fingerprint density at radius 2 is 2.58 bits per heavy atom. The lowest BCUT2D eigenvalue weighted by Gasteiger charge is -2.34. The SMILES string of the molecule is CC1CCNC12CC(=O)C=CO2. The van der Waals surface area contributed by atoms with Crippen LogP contribution in [-0.4, -0.2) is 18.1 Å². The van der Waals surface area contributed by atoms with Gasteiger partial charge in [0.1, 0.15) is 0 Å². The van der Waals surface area contributed by atoms with Crippen molar-refractivity contribution < 1.29 is 9.53 Å². The molecule has 0 saturated carbocycles. The molecule has 3 heteroatoms. The number of carbonyl (C=O) groups excluding carboxylic acids is 1. The molecule has 2 aliphatic heterocycles. The fourth-order valence-electron chi connectivity index (χ4n) is 1.89. The standard InChI is InChI=1S/C9H13NO2/c1-7-2-4-10-9(7)6-8(11)3-5-12-9/h3,5,7,10H,2,4,6H2,1H3. The molecule has 2 unspecified atom stereocenters. The van der Waals surface area contributed by atoms with E-state index in [0.717, 1.165) is 13.0 Å². The summed E-state index contributed by atoms with van der Waals surface area (Å²) in [7, 11) is 0. The number of rotatable bonds is 0. The van der Waals surface area contributed by atoms with Crippen LogP contribution < -0.4 is 5.32 Å². The number of hydrogen-bond acceptors (Lipinski definition) is 3. The summed E-state index contributed by atoms with van der Waals surface area (Å²) in [6, 6.07) is 0. The Kier molecular flexibility index (Phi) is 1.68. The Hall–Kier alpha value is -0.830. The molecule has 2 atom stereocenters. The molecule has 2 aliphatic rings. The highest BCUT2D eigenvalue weighted by Gasteiger charge is 2.44. The zero-order valence-corrected chi connectivity index (χ0v) is 7.17. The van der Waals surface area contributed by atoms with Crippen LogP contribution in [0.1, 0.15) is 19.8 Å². The summed E-state index contributed by atoms with van der Waals surface area (Å²) in [6.45, 7) is 3.06. The Morgan fingerprint density at radius 1 is 1.75 bits per heavy atom. The maximum absolute atomic E-state index is 11.2. The number of hydrogen-bond donors (Lipinski definition) is 1. The van der Waals surface area contributed by atoms with Crippen molar-refractivity contribution in [1.82, 2.24) is 5.32 Å². The minimum Gasteiger partial charge on any atom is -0.479 e. The number of nitrogens with one attached hydrogen (secondary N) is 1. The fraction of sp³-hybridized carbons (Fsp3) is 0.667. The highest BCUT2D eigenvalue weighted by atomic mass is 16.5. The molecular weight excluding hydrogens is 154 g/mol. The number of allylic oxidation sites excluding steroid dienone is 1. The number of ether oxygens (including phenoxy) is 1. The molecule has 2 rings (SSSR count). The van der Waals surface area contributed by atoms with E-state index >= 15 is 0 Å². The van der Waals surface area contributed by atoms with Gasteiger partial charge in [-0.1, -0.05) is 6.92 Å². The van der Waals surface area contributed by atoms with Gasteiger partial charge in [-0.2, -0.15) is 0 Å². The highest BCUT2D eigenvalue weighted by Crippen LogP contribution is 2.33. The molecule has 0 aliphatic carbocycles. The molecule has 12 heavy (non-hydrogen) atoms. The third-order valence-corrected chi connectivity index (χ3v) is 2.77. The smallest absolute Gasteiger partial charge is 0.169 e. The third-order valence-electron chi connectivity index (χ3n) is 2.77. The molecule has 3 nitrogen and oxygen atoms in total. The first-order chi connectivity index (χ1) is 5.73. The van der Waals surface area contributed by atoms with E-state index in [1.807, 2.05) is 0 Å².